The van der Waals surface area contributed by atoms with E-state index in [2.05, 4.69) is 4.90 Å². The molecule has 100 valence electrons. The quantitative estimate of drug-likeness (QED) is 0.861. The van der Waals surface area contributed by atoms with Crippen molar-refractivity contribution in [3.63, 3.8) is 0 Å². The van der Waals surface area contributed by atoms with Gasteiger partial charge in [-0.25, -0.2) is 0 Å². The Balaban J connectivity index is 1.99. The van der Waals surface area contributed by atoms with Crippen LogP contribution < -0.4 is 0 Å². The van der Waals surface area contributed by atoms with Gasteiger partial charge in [-0.1, -0.05) is 25.0 Å². The summed E-state index contributed by atoms with van der Waals surface area (Å²) in [5.41, 5.74) is 1.03. The first-order chi connectivity index (χ1) is 8.79. The molecule has 1 saturated heterocycles. The molecule has 0 aromatic heterocycles. The molecule has 0 aliphatic carbocycles. The lowest BCUT2D eigenvalue weighted by molar-refractivity contribution is 0.203. The van der Waals surface area contributed by atoms with Crippen molar-refractivity contribution in [3.05, 3.63) is 29.8 Å². The first kappa shape index (κ1) is 13.4. The molecule has 0 saturated carbocycles. The number of aliphatic hydroxyl groups is 1. The molecule has 0 radical (unpaired) electrons. The van der Waals surface area contributed by atoms with E-state index in [1.54, 1.807) is 12.1 Å². The Hall–Kier alpha value is -1.06. The Morgan fingerprint density at radius 2 is 1.83 bits per heavy atom. The second-order valence-corrected chi connectivity index (χ2v) is 5.19. The van der Waals surface area contributed by atoms with Gasteiger partial charge in [0.25, 0.3) is 0 Å². The predicted octanol–water partition coefficient (Wildman–Crippen LogP) is 2.34. The number of aromatic hydroxyl groups is 1. The summed E-state index contributed by atoms with van der Waals surface area (Å²) < 4.78 is 0. The summed E-state index contributed by atoms with van der Waals surface area (Å²) in [7, 11) is 0. The van der Waals surface area contributed by atoms with E-state index >= 15 is 0 Å². The molecule has 2 N–H and O–H groups in total. The van der Waals surface area contributed by atoms with Crippen LogP contribution in [0.2, 0.25) is 0 Å². The van der Waals surface area contributed by atoms with Crippen molar-refractivity contribution in [3.8, 4) is 5.75 Å². The molecule has 1 aliphatic rings. The van der Waals surface area contributed by atoms with Crippen molar-refractivity contribution >= 4 is 0 Å². The molecule has 1 fully saturated rings. The molecule has 1 heterocycles. The van der Waals surface area contributed by atoms with Gasteiger partial charge in [-0.05, 0) is 43.6 Å². The van der Waals surface area contributed by atoms with E-state index in [0.717, 1.165) is 25.2 Å². The minimum Gasteiger partial charge on any atom is -0.508 e. The van der Waals surface area contributed by atoms with E-state index < -0.39 is 0 Å². The number of benzene rings is 1. The van der Waals surface area contributed by atoms with Crippen molar-refractivity contribution in [2.45, 2.75) is 31.6 Å². The van der Waals surface area contributed by atoms with Gasteiger partial charge in [0.05, 0.1) is 6.61 Å². The summed E-state index contributed by atoms with van der Waals surface area (Å²) in [4.78, 5) is 2.44. The third-order valence-corrected chi connectivity index (χ3v) is 3.74. The molecule has 1 aromatic rings. The fraction of sp³-hybridized carbons (Fsp3) is 0.600. The summed E-state index contributed by atoms with van der Waals surface area (Å²) >= 11 is 0. The SMILES string of the molecule is OCC(CN1CCCCCC1)c1cccc(O)c1. The summed E-state index contributed by atoms with van der Waals surface area (Å²) in [6.45, 7) is 3.30. The zero-order valence-corrected chi connectivity index (χ0v) is 10.9. The van der Waals surface area contributed by atoms with E-state index in [0.29, 0.717) is 0 Å². The fourth-order valence-corrected chi connectivity index (χ4v) is 2.68. The van der Waals surface area contributed by atoms with Crippen LogP contribution in [-0.2, 0) is 0 Å². The van der Waals surface area contributed by atoms with Gasteiger partial charge in [-0.2, -0.15) is 0 Å². The smallest absolute Gasteiger partial charge is 0.115 e. The molecule has 3 heteroatoms. The van der Waals surface area contributed by atoms with Crippen LogP contribution in [0.4, 0.5) is 0 Å². The number of hydrogen-bond acceptors (Lipinski definition) is 3. The van der Waals surface area contributed by atoms with Crippen LogP contribution >= 0.6 is 0 Å². The Bertz CT molecular complexity index is 359. The molecular weight excluding hydrogens is 226 g/mol. The third kappa shape index (κ3) is 3.72. The van der Waals surface area contributed by atoms with E-state index in [1.807, 2.05) is 12.1 Å². The average Bonchev–Trinajstić information content (AvgIpc) is 2.64. The highest BCUT2D eigenvalue weighted by Gasteiger charge is 2.17. The molecule has 2 rings (SSSR count). The molecule has 1 aliphatic heterocycles. The molecule has 1 unspecified atom stereocenters. The minimum atomic E-state index is 0.107. The average molecular weight is 249 g/mol. The van der Waals surface area contributed by atoms with E-state index in [-0.39, 0.29) is 18.3 Å². The van der Waals surface area contributed by atoms with Gasteiger partial charge < -0.3 is 15.1 Å². The third-order valence-electron chi connectivity index (χ3n) is 3.74. The van der Waals surface area contributed by atoms with Gasteiger partial charge in [-0.3, -0.25) is 0 Å². The van der Waals surface area contributed by atoms with Crippen LogP contribution in [0.5, 0.6) is 5.75 Å². The van der Waals surface area contributed by atoms with Crippen LogP contribution in [0.25, 0.3) is 0 Å². The molecule has 3 nitrogen and oxygen atoms in total. The maximum Gasteiger partial charge on any atom is 0.115 e. The molecule has 0 bridgehead atoms. The number of hydrogen-bond donors (Lipinski definition) is 2. The van der Waals surface area contributed by atoms with Crippen molar-refractivity contribution in [2.75, 3.05) is 26.2 Å². The number of phenolic OH excluding ortho intramolecular Hbond substituents is 1. The summed E-state index contributed by atoms with van der Waals surface area (Å²) in [6.07, 6.45) is 5.18. The highest BCUT2D eigenvalue weighted by Crippen LogP contribution is 2.22. The van der Waals surface area contributed by atoms with Crippen molar-refractivity contribution in [2.24, 2.45) is 0 Å². The van der Waals surface area contributed by atoms with Gasteiger partial charge in [-0.15, -0.1) is 0 Å². The lowest BCUT2D eigenvalue weighted by atomic mass is 9.99. The molecular formula is C15H23NO2. The van der Waals surface area contributed by atoms with Gasteiger partial charge in [0.1, 0.15) is 5.75 Å². The largest absolute Gasteiger partial charge is 0.508 e. The van der Waals surface area contributed by atoms with Crippen molar-refractivity contribution in [1.82, 2.24) is 4.90 Å². The zero-order valence-electron chi connectivity index (χ0n) is 10.9. The first-order valence-electron chi connectivity index (χ1n) is 6.92. The van der Waals surface area contributed by atoms with Crippen LogP contribution in [0.15, 0.2) is 24.3 Å². The first-order valence-corrected chi connectivity index (χ1v) is 6.92. The second kappa shape index (κ2) is 6.76. The normalized spacial score (nSPS) is 19.4. The number of phenols is 1. The Kier molecular flexibility index (Phi) is 5.02. The number of rotatable bonds is 4. The van der Waals surface area contributed by atoms with E-state index in [1.165, 1.54) is 25.7 Å². The molecule has 18 heavy (non-hydrogen) atoms. The molecule has 0 spiro atoms. The summed E-state index contributed by atoms with van der Waals surface area (Å²) in [6, 6.07) is 7.26. The number of nitrogens with zero attached hydrogens (tertiary/aromatic N) is 1. The van der Waals surface area contributed by atoms with Gasteiger partial charge in [0.2, 0.25) is 0 Å². The monoisotopic (exact) mass is 249 g/mol. The molecule has 0 amide bonds. The lowest BCUT2D eigenvalue weighted by Gasteiger charge is -2.25. The summed E-state index contributed by atoms with van der Waals surface area (Å²) in [5.74, 6) is 0.386. The van der Waals surface area contributed by atoms with Crippen LogP contribution in [-0.4, -0.2) is 41.4 Å². The fourth-order valence-electron chi connectivity index (χ4n) is 2.68. The van der Waals surface area contributed by atoms with Gasteiger partial charge in [0.15, 0.2) is 0 Å². The topological polar surface area (TPSA) is 43.7 Å². The van der Waals surface area contributed by atoms with E-state index in [9.17, 15) is 10.2 Å². The second-order valence-electron chi connectivity index (χ2n) is 5.19. The minimum absolute atomic E-state index is 0.107. The Morgan fingerprint density at radius 3 is 2.44 bits per heavy atom. The zero-order chi connectivity index (χ0) is 12.8. The standard InChI is InChI=1S/C15H23NO2/c17-12-14(13-6-5-7-15(18)10-13)11-16-8-3-1-2-4-9-16/h5-7,10,14,17-18H,1-4,8-9,11-12H2. The van der Waals surface area contributed by atoms with Crippen LogP contribution in [0, 0.1) is 0 Å². The van der Waals surface area contributed by atoms with E-state index in [4.69, 9.17) is 0 Å². The highest BCUT2D eigenvalue weighted by atomic mass is 16.3. The van der Waals surface area contributed by atoms with Gasteiger partial charge in [0, 0.05) is 12.5 Å². The lowest BCUT2D eigenvalue weighted by Crippen LogP contribution is -2.30. The predicted molar refractivity (Wildman–Crippen MR) is 72.8 cm³/mol. The van der Waals surface area contributed by atoms with Crippen molar-refractivity contribution in [1.29, 1.82) is 0 Å². The van der Waals surface area contributed by atoms with Crippen LogP contribution in [0.3, 0.4) is 0 Å². The number of aliphatic hydroxyl groups excluding tert-OH is 1. The van der Waals surface area contributed by atoms with Crippen molar-refractivity contribution < 1.29 is 10.2 Å². The maximum atomic E-state index is 9.56. The number of likely N-dealkylation sites (tertiary alicyclic amines) is 1. The Labute approximate surface area is 109 Å². The van der Waals surface area contributed by atoms with Crippen LogP contribution in [0.1, 0.15) is 37.2 Å². The Morgan fingerprint density at radius 1 is 1.11 bits per heavy atom. The molecule has 1 aromatic carbocycles. The van der Waals surface area contributed by atoms with Gasteiger partial charge >= 0.3 is 0 Å². The maximum absolute atomic E-state index is 9.56. The summed E-state index contributed by atoms with van der Waals surface area (Å²) in [5, 5.41) is 19.1. The highest BCUT2D eigenvalue weighted by molar-refractivity contribution is 5.30. The molecule has 1 atom stereocenters.